The molecule has 0 aliphatic heterocycles. The summed E-state index contributed by atoms with van der Waals surface area (Å²) in [4.78, 5) is 6.13. The molecule has 1 unspecified atom stereocenters. The van der Waals surface area contributed by atoms with E-state index in [0.29, 0.717) is 12.6 Å². The zero-order valence-electron chi connectivity index (χ0n) is 9.38. The number of hydrogen-bond donors (Lipinski definition) is 1. The van der Waals surface area contributed by atoms with E-state index in [-0.39, 0.29) is 0 Å². The van der Waals surface area contributed by atoms with Crippen molar-refractivity contribution in [2.75, 3.05) is 13.7 Å². The van der Waals surface area contributed by atoms with Gasteiger partial charge in [0.2, 0.25) is 0 Å². The number of aryl methyl sites for hydroxylation is 1. The molecule has 0 aromatic carbocycles. The summed E-state index contributed by atoms with van der Waals surface area (Å²) in [6.45, 7) is 3.45. The van der Waals surface area contributed by atoms with E-state index in [1.807, 2.05) is 25.3 Å². The number of thiazole rings is 1. The smallest absolute Gasteiger partial charge is 0.119 e. The number of fused-ring (bicyclic) bond motifs is 1. The molecule has 1 aliphatic rings. The first-order chi connectivity index (χ1) is 7.35. The average molecular weight is 226 g/mol. The molecule has 3 nitrogen and oxygen atoms in total. The van der Waals surface area contributed by atoms with Crippen LogP contribution in [0.1, 0.15) is 41.4 Å². The number of nitrogens with one attached hydrogen (secondary N) is 1. The van der Waals surface area contributed by atoms with Crippen molar-refractivity contribution in [1.82, 2.24) is 10.3 Å². The SMILES string of the molecule is CCOCc1nc2c(s1)CCCC2NC. The van der Waals surface area contributed by atoms with Gasteiger partial charge in [0, 0.05) is 11.5 Å². The molecular formula is C11H18N2OS. The Bertz CT molecular complexity index is 324. The molecule has 0 bridgehead atoms. The Kier molecular flexibility index (Phi) is 3.72. The lowest BCUT2D eigenvalue weighted by Crippen LogP contribution is -2.21. The highest BCUT2D eigenvalue weighted by atomic mass is 32.1. The Balaban J connectivity index is 2.14. The predicted octanol–water partition coefficient (Wildman–Crippen LogP) is 2.28. The first-order valence-electron chi connectivity index (χ1n) is 5.58. The van der Waals surface area contributed by atoms with Crippen LogP contribution < -0.4 is 5.32 Å². The zero-order valence-corrected chi connectivity index (χ0v) is 10.2. The van der Waals surface area contributed by atoms with E-state index in [9.17, 15) is 0 Å². The van der Waals surface area contributed by atoms with Crippen molar-refractivity contribution in [2.45, 2.75) is 38.8 Å². The van der Waals surface area contributed by atoms with Gasteiger partial charge in [-0.05, 0) is 33.2 Å². The van der Waals surface area contributed by atoms with Gasteiger partial charge < -0.3 is 10.1 Å². The lowest BCUT2D eigenvalue weighted by molar-refractivity contribution is 0.133. The van der Waals surface area contributed by atoms with Crippen LogP contribution in [0, 0.1) is 0 Å². The molecule has 15 heavy (non-hydrogen) atoms. The van der Waals surface area contributed by atoms with Crippen molar-refractivity contribution < 1.29 is 4.74 Å². The monoisotopic (exact) mass is 226 g/mol. The fourth-order valence-electron chi connectivity index (χ4n) is 2.00. The normalized spacial score (nSPS) is 20.3. The second kappa shape index (κ2) is 5.05. The van der Waals surface area contributed by atoms with Crippen LogP contribution in [0.25, 0.3) is 0 Å². The summed E-state index contributed by atoms with van der Waals surface area (Å²) in [5.74, 6) is 0. The fraction of sp³-hybridized carbons (Fsp3) is 0.727. The summed E-state index contributed by atoms with van der Waals surface area (Å²) in [5.41, 5.74) is 1.27. The number of hydrogen-bond acceptors (Lipinski definition) is 4. The Hall–Kier alpha value is -0.450. The summed E-state index contributed by atoms with van der Waals surface area (Å²) in [6, 6.07) is 0.459. The molecule has 4 heteroatoms. The Morgan fingerprint density at radius 3 is 3.20 bits per heavy atom. The highest BCUT2D eigenvalue weighted by Gasteiger charge is 2.23. The van der Waals surface area contributed by atoms with Gasteiger partial charge in [-0.2, -0.15) is 0 Å². The maximum absolute atomic E-state index is 5.39. The molecule has 1 aromatic rings. The maximum atomic E-state index is 5.39. The van der Waals surface area contributed by atoms with Crippen LogP contribution in [0.2, 0.25) is 0 Å². The lowest BCUT2D eigenvalue weighted by atomic mass is 9.98. The van der Waals surface area contributed by atoms with Crippen LogP contribution in [0.4, 0.5) is 0 Å². The second-order valence-electron chi connectivity index (χ2n) is 3.79. The number of ether oxygens (including phenoxy) is 1. The van der Waals surface area contributed by atoms with Gasteiger partial charge in [-0.25, -0.2) is 4.98 Å². The highest BCUT2D eigenvalue weighted by Crippen LogP contribution is 2.33. The summed E-state index contributed by atoms with van der Waals surface area (Å²) in [5, 5.41) is 4.46. The third-order valence-corrected chi connectivity index (χ3v) is 3.88. The number of aromatic nitrogens is 1. The standard InChI is InChI=1S/C11H18N2OS/c1-3-14-7-10-13-11-8(12-2)5-4-6-9(11)15-10/h8,12H,3-7H2,1-2H3. The van der Waals surface area contributed by atoms with Gasteiger partial charge in [0.15, 0.2) is 0 Å². The van der Waals surface area contributed by atoms with Crippen molar-refractivity contribution in [3.8, 4) is 0 Å². The van der Waals surface area contributed by atoms with E-state index in [2.05, 4.69) is 10.3 Å². The predicted molar refractivity (Wildman–Crippen MR) is 62.2 cm³/mol. The molecule has 1 aromatic heterocycles. The minimum absolute atomic E-state index is 0.459. The van der Waals surface area contributed by atoms with Gasteiger partial charge in [-0.1, -0.05) is 0 Å². The van der Waals surface area contributed by atoms with Crippen LogP contribution in [0.15, 0.2) is 0 Å². The largest absolute Gasteiger partial charge is 0.375 e. The zero-order chi connectivity index (χ0) is 10.7. The van der Waals surface area contributed by atoms with E-state index >= 15 is 0 Å². The van der Waals surface area contributed by atoms with Gasteiger partial charge in [0.05, 0.1) is 18.3 Å². The van der Waals surface area contributed by atoms with Crippen LogP contribution in [0.3, 0.4) is 0 Å². The van der Waals surface area contributed by atoms with Crippen molar-refractivity contribution in [3.63, 3.8) is 0 Å². The van der Waals surface area contributed by atoms with E-state index in [1.165, 1.54) is 29.8 Å². The molecule has 0 saturated carbocycles. The van der Waals surface area contributed by atoms with E-state index < -0.39 is 0 Å². The molecule has 2 rings (SSSR count). The van der Waals surface area contributed by atoms with Crippen molar-refractivity contribution in [3.05, 3.63) is 15.6 Å². The van der Waals surface area contributed by atoms with Gasteiger partial charge in [0.1, 0.15) is 5.01 Å². The summed E-state index contributed by atoms with van der Waals surface area (Å²) in [6.07, 6.45) is 3.67. The second-order valence-corrected chi connectivity index (χ2v) is 4.95. The molecule has 0 amide bonds. The van der Waals surface area contributed by atoms with Gasteiger partial charge >= 0.3 is 0 Å². The highest BCUT2D eigenvalue weighted by molar-refractivity contribution is 7.11. The van der Waals surface area contributed by atoms with Gasteiger partial charge in [0.25, 0.3) is 0 Å². The van der Waals surface area contributed by atoms with Crippen molar-refractivity contribution in [2.24, 2.45) is 0 Å². The third kappa shape index (κ3) is 2.38. The average Bonchev–Trinajstić information content (AvgIpc) is 2.68. The summed E-state index contributed by atoms with van der Waals surface area (Å²) >= 11 is 1.82. The minimum Gasteiger partial charge on any atom is -0.375 e. The first-order valence-corrected chi connectivity index (χ1v) is 6.40. The van der Waals surface area contributed by atoms with Crippen molar-refractivity contribution in [1.29, 1.82) is 0 Å². The Labute approximate surface area is 94.9 Å². The molecule has 0 radical (unpaired) electrons. The lowest BCUT2D eigenvalue weighted by Gasteiger charge is -2.19. The third-order valence-electron chi connectivity index (χ3n) is 2.78. The number of nitrogens with zero attached hydrogens (tertiary/aromatic N) is 1. The van der Waals surface area contributed by atoms with E-state index in [4.69, 9.17) is 4.74 Å². The minimum atomic E-state index is 0.459. The molecule has 84 valence electrons. The molecule has 0 saturated heterocycles. The van der Waals surface area contributed by atoms with E-state index in [1.54, 1.807) is 0 Å². The van der Waals surface area contributed by atoms with Crippen LogP contribution in [-0.4, -0.2) is 18.6 Å². The fourth-order valence-corrected chi connectivity index (χ4v) is 3.11. The van der Waals surface area contributed by atoms with Crippen LogP contribution >= 0.6 is 11.3 Å². The van der Waals surface area contributed by atoms with Crippen LogP contribution in [0.5, 0.6) is 0 Å². The van der Waals surface area contributed by atoms with Crippen LogP contribution in [-0.2, 0) is 17.8 Å². The van der Waals surface area contributed by atoms with Crippen molar-refractivity contribution >= 4 is 11.3 Å². The summed E-state index contributed by atoms with van der Waals surface area (Å²) in [7, 11) is 2.02. The molecule has 0 fully saturated rings. The van der Waals surface area contributed by atoms with Gasteiger partial charge in [-0.15, -0.1) is 11.3 Å². The summed E-state index contributed by atoms with van der Waals surface area (Å²) < 4.78 is 5.39. The number of rotatable bonds is 4. The topological polar surface area (TPSA) is 34.1 Å². The molecule has 0 spiro atoms. The maximum Gasteiger partial charge on any atom is 0.119 e. The molecule has 1 aliphatic carbocycles. The Morgan fingerprint density at radius 2 is 2.47 bits per heavy atom. The molecule has 1 heterocycles. The van der Waals surface area contributed by atoms with Gasteiger partial charge in [-0.3, -0.25) is 0 Å². The molecule has 1 atom stereocenters. The quantitative estimate of drug-likeness (QED) is 0.855. The Morgan fingerprint density at radius 1 is 1.60 bits per heavy atom. The first kappa shape index (κ1) is 11.0. The molecule has 1 N–H and O–H groups in total. The van der Waals surface area contributed by atoms with E-state index in [0.717, 1.165) is 11.6 Å². The molecular weight excluding hydrogens is 208 g/mol.